The van der Waals surface area contributed by atoms with Crippen LogP contribution in [0.4, 0.5) is 11.6 Å². The zero-order valence-electron chi connectivity index (χ0n) is 11.4. The van der Waals surface area contributed by atoms with Crippen molar-refractivity contribution in [2.24, 2.45) is 0 Å². The van der Waals surface area contributed by atoms with Crippen LogP contribution in [0.25, 0.3) is 11.0 Å². The molecule has 0 unspecified atom stereocenters. The molecular formula is C15H15N5O. The predicted molar refractivity (Wildman–Crippen MR) is 82.2 cm³/mol. The Balaban J connectivity index is 1.56. The van der Waals surface area contributed by atoms with E-state index in [9.17, 15) is 0 Å². The van der Waals surface area contributed by atoms with Gasteiger partial charge in [-0.2, -0.15) is 0 Å². The molecule has 0 amide bonds. The van der Waals surface area contributed by atoms with E-state index in [2.05, 4.69) is 20.5 Å². The van der Waals surface area contributed by atoms with Gasteiger partial charge in [0.2, 0.25) is 5.95 Å². The number of ether oxygens (including phenoxy) is 1. The van der Waals surface area contributed by atoms with Crippen molar-refractivity contribution >= 4 is 22.7 Å². The fourth-order valence-electron chi connectivity index (χ4n) is 1.89. The van der Waals surface area contributed by atoms with E-state index in [4.69, 9.17) is 10.5 Å². The molecule has 1 aromatic heterocycles. The summed E-state index contributed by atoms with van der Waals surface area (Å²) in [6.07, 6.45) is 0. The molecular weight excluding hydrogens is 266 g/mol. The number of nitrogens with zero attached hydrogens (tertiary/aromatic N) is 3. The molecule has 3 rings (SSSR count). The van der Waals surface area contributed by atoms with E-state index in [0.717, 1.165) is 11.0 Å². The number of hydrogen-bond acceptors (Lipinski definition) is 6. The van der Waals surface area contributed by atoms with Crippen LogP contribution in [0.5, 0.6) is 5.75 Å². The number of nitrogens with one attached hydrogen (secondary N) is 1. The van der Waals surface area contributed by atoms with E-state index in [1.165, 1.54) is 0 Å². The summed E-state index contributed by atoms with van der Waals surface area (Å²) in [5.74, 6) is 1.16. The average Bonchev–Trinajstić information content (AvgIpc) is 2.53. The Labute approximate surface area is 122 Å². The highest BCUT2D eigenvalue weighted by Crippen LogP contribution is 2.19. The number of rotatable bonds is 5. The van der Waals surface area contributed by atoms with Gasteiger partial charge in [-0.1, -0.05) is 24.3 Å². The van der Waals surface area contributed by atoms with Crippen molar-refractivity contribution in [1.82, 2.24) is 15.2 Å². The van der Waals surface area contributed by atoms with Crippen LogP contribution in [-0.2, 0) is 0 Å². The first kappa shape index (κ1) is 13.1. The zero-order chi connectivity index (χ0) is 14.5. The molecule has 6 heteroatoms. The highest BCUT2D eigenvalue weighted by Gasteiger charge is 2.01. The van der Waals surface area contributed by atoms with Crippen molar-refractivity contribution in [3.63, 3.8) is 0 Å². The molecule has 0 spiro atoms. The smallest absolute Gasteiger partial charge is 0.243 e. The van der Waals surface area contributed by atoms with Crippen LogP contribution in [0, 0.1) is 0 Å². The van der Waals surface area contributed by atoms with Gasteiger partial charge in [-0.05, 0) is 24.3 Å². The highest BCUT2D eigenvalue weighted by molar-refractivity contribution is 5.74. The van der Waals surface area contributed by atoms with E-state index >= 15 is 0 Å². The second-order valence-corrected chi connectivity index (χ2v) is 4.44. The minimum Gasteiger partial charge on any atom is -0.490 e. The number of nitrogen functional groups attached to an aromatic ring is 1. The topological polar surface area (TPSA) is 86.0 Å². The number of fused-ring (bicyclic) bond motifs is 1. The second kappa shape index (κ2) is 6.04. The molecule has 0 aliphatic carbocycles. The van der Waals surface area contributed by atoms with Crippen molar-refractivity contribution in [1.29, 1.82) is 0 Å². The van der Waals surface area contributed by atoms with Crippen LogP contribution in [0.3, 0.4) is 0 Å². The second-order valence-electron chi connectivity index (χ2n) is 4.44. The molecule has 0 radical (unpaired) electrons. The minimum absolute atomic E-state index is 0.463. The van der Waals surface area contributed by atoms with Crippen molar-refractivity contribution in [3.8, 4) is 5.75 Å². The molecule has 3 N–H and O–H groups in total. The molecule has 0 aliphatic heterocycles. The van der Waals surface area contributed by atoms with Gasteiger partial charge in [-0.3, -0.25) is 0 Å². The lowest BCUT2D eigenvalue weighted by Gasteiger charge is -2.09. The summed E-state index contributed by atoms with van der Waals surface area (Å²) in [6, 6.07) is 15.0. The summed E-state index contributed by atoms with van der Waals surface area (Å²) in [5, 5.41) is 11.2. The molecule has 0 saturated heterocycles. The zero-order valence-corrected chi connectivity index (χ0v) is 11.4. The Morgan fingerprint density at radius 3 is 2.57 bits per heavy atom. The Morgan fingerprint density at radius 2 is 1.71 bits per heavy atom. The minimum atomic E-state index is 0.463. The first-order chi connectivity index (χ1) is 10.3. The number of hydrogen-bond donors (Lipinski definition) is 2. The van der Waals surface area contributed by atoms with E-state index in [0.29, 0.717) is 30.5 Å². The van der Waals surface area contributed by atoms with E-state index < -0.39 is 0 Å². The molecule has 106 valence electrons. The fraction of sp³-hybridized carbons (Fsp3) is 0.133. The van der Waals surface area contributed by atoms with Crippen LogP contribution < -0.4 is 15.8 Å². The van der Waals surface area contributed by atoms with E-state index in [1.807, 2.05) is 42.5 Å². The first-order valence-corrected chi connectivity index (χ1v) is 6.63. The summed E-state index contributed by atoms with van der Waals surface area (Å²) in [6.45, 7) is 1.03. The third-order valence-corrected chi connectivity index (χ3v) is 2.92. The van der Waals surface area contributed by atoms with E-state index in [-0.39, 0.29) is 0 Å². The Bertz CT molecular complexity index is 747. The highest BCUT2D eigenvalue weighted by atomic mass is 16.5. The lowest BCUT2D eigenvalue weighted by atomic mass is 10.3. The number of para-hydroxylation sites is 3. The van der Waals surface area contributed by atoms with Gasteiger partial charge in [0.05, 0.1) is 17.7 Å². The maximum absolute atomic E-state index is 5.80. The van der Waals surface area contributed by atoms with Gasteiger partial charge in [-0.25, -0.2) is 4.98 Å². The van der Waals surface area contributed by atoms with Crippen LogP contribution in [0.2, 0.25) is 0 Å². The Hall–Kier alpha value is -2.89. The first-order valence-electron chi connectivity index (χ1n) is 6.63. The molecule has 3 aromatic rings. The van der Waals surface area contributed by atoms with Gasteiger partial charge < -0.3 is 15.8 Å². The lowest BCUT2D eigenvalue weighted by molar-refractivity contribution is 0.334. The number of benzene rings is 2. The maximum Gasteiger partial charge on any atom is 0.243 e. The molecule has 6 nitrogen and oxygen atoms in total. The van der Waals surface area contributed by atoms with Gasteiger partial charge in [0, 0.05) is 0 Å². The number of nitrogens with two attached hydrogens (primary N) is 1. The Morgan fingerprint density at radius 1 is 0.952 bits per heavy atom. The summed E-state index contributed by atoms with van der Waals surface area (Å²) >= 11 is 0. The lowest BCUT2D eigenvalue weighted by Crippen LogP contribution is -2.14. The monoisotopic (exact) mass is 281 g/mol. The molecule has 0 saturated carbocycles. The van der Waals surface area contributed by atoms with Crippen molar-refractivity contribution in [3.05, 3.63) is 48.5 Å². The fourth-order valence-corrected chi connectivity index (χ4v) is 1.89. The largest absolute Gasteiger partial charge is 0.490 e. The van der Waals surface area contributed by atoms with Crippen LogP contribution in [0.1, 0.15) is 0 Å². The van der Waals surface area contributed by atoms with Gasteiger partial charge in [0.1, 0.15) is 17.9 Å². The summed E-state index contributed by atoms with van der Waals surface area (Å²) in [5.41, 5.74) is 8.01. The maximum atomic E-state index is 5.80. The molecule has 1 heterocycles. The van der Waals surface area contributed by atoms with Crippen molar-refractivity contribution in [2.75, 3.05) is 24.2 Å². The summed E-state index contributed by atoms with van der Waals surface area (Å²) in [4.78, 5) is 4.37. The van der Waals surface area contributed by atoms with Gasteiger partial charge in [-0.15, -0.1) is 10.2 Å². The Kier molecular flexibility index (Phi) is 3.77. The predicted octanol–water partition coefficient (Wildman–Crippen LogP) is 2.10. The molecule has 21 heavy (non-hydrogen) atoms. The standard InChI is InChI=1S/C15H15N5O/c16-11-5-1-4-8-14(11)21-10-9-17-15-18-12-6-2-3-7-13(12)19-20-15/h1-8H,9-10,16H2,(H,17,18,20). The van der Waals surface area contributed by atoms with Crippen molar-refractivity contribution < 1.29 is 4.74 Å². The normalized spacial score (nSPS) is 10.5. The number of aromatic nitrogens is 3. The van der Waals surface area contributed by atoms with E-state index in [1.54, 1.807) is 6.07 Å². The quantitative estimate of drug-likeness (QED) is 0.550. The van der Waals surface area contributed by atoms with Crippen LogP contribution in [-0.4, -0.2) is 28.3 Å². The van der Waals surface area contributed by atoms with Crippen molar-refractivity contribution in [2.45, 2.75) is 0 Å². The third kappa shape index (κ3) is 3.17. The SMILES string of the molecule is Nc1ccccc1OCCNc1nnc2ccccc2n1. The molecule has 0 fully saturated rings. The van der Waals surface area contributed by atoms with Gasteiger partial charge >= 0.3 is 0 Å². The summed E-state index contributed by atoms with van der Waals surface area (Å²) in [7, 11) is 0. The van der Waals surface area contributed by atoms with Crippen LogP contribution >= 0.6 is 0 Å². The van der Waals surface area contributed by atoms with Gasteiger partial charge in [0.25, 0.3) is 0 Å². The van der Waals surface area contributed by atoms with Gasteiger partial charge in [0.15, 0.2) is 0 Å². The molecule has 0 aliphatic rings. The summed E-state index contributed by atoms with van der Waals surface area (Å²) < 4.78 is 5.58. The molecule has 0 atom stereocenters. The van der Waals surface area contributed by atoms with Crippen LogP contribution in [0.15, 0.2) is 48.5 Å². The number of anilines is 2. The molecule has 0 bridgehead atoms. The third-order valence-electron chi connectivity index (χ3n) is 2.92. The molecule has 2 aromatic carbocycles. The average molecular weight is 281 g/mol.